The van der Waals surface area contributed by atoms with Gasteiger partial charge in [0, 0.05) is 6.42 Å². The van der Waals surface area contributed by atoms with Crippen molar-refractivity contribution in [3.8, 4) is 11.5 Å². The molecule has 2 aromatic rings. The normalized spacial score (nSPS) is 11.4. The summed E-state index contributed by atoms with van der Waals surface area (Å²) in [4.78, 5) is 24.0. The van der Waals surface area contributed by atoms with E-state index in [1.807, 2.05) is 43.3 Å². The van der Waals surface area contributed by atoms with Gasteiger partial charge in [-0.15, -0.1) is 0 Å². The van der Waals surface area contributed by atoms with E-state index >= 15 is 0 Å². The lowest BCUT2D eigenvalue weighted by Gasteiger charge is -2.15. The number of aryl methyl sites for hydroxylation is 2. The second-order valence-electron chi connectivity index (χ2n) is 6.73. The molecule has 1 amide bonds. The molecule has 1 N–H and O–H groups in total. The van der Waals surface area contributed by atoms with E-state index in [9.17, 15) is 9.59 Å². The van der Waals surface area contributed by atoms with Crippen molar-refractivity contribution in [2.45, 2.75) is 39.2 Å². The minimum Gasteiger partial charge on any atom is -0.493 e. The quantitative estimate of drug-likeness (QED) is 0.618. The highest BCUT2D eigenvalue weighted by atomic mass is 16.5. The summed E-state index contributed by atoms with van der Waals surface area (Å²) in [6.45, 7) is 3.71. The number of ether oxygens (including phenoxy) is 3. The molecule has 0 heterocycles. The standard InChI is InChI=1S/C23H29NO5/c1-5-17-6-10-19(11-7-17)16(2)24-22(25)15-29-23(26)13-9-18-8-12-20(27-3)21(14-18)28-4/h6-8,10-12,14,16H,5,9,13,15H2,1-4H3,(H,24,25)/t16-/m1/s1. The van der Waals surface area contributed by atoms with Crippen molar-refractivity contribution in [2.24, 2.45) is 0 Å². The van der Waals surface area contributed by atoms with Gasteiger partial charge in [-0.05, 0) is 48.6 Å². The molecule has 0 unspecified atom stereocenters. The smallest absolute Gasteiger partial charge is 0.306 e. The minimum atomic E-state index is -0.421. The van der Waals surface area contributed by atoms with Crippen LogP contribution in [0.3, 0.4) is 0 Å². The number of esters is 1. The summed E-state index contributed by atoms with van der Waals surface area (Å²) in [6, 6.07) is 13.4. The van der Waals surface area contributed by atoms with E-state index in [0.717, 1.165) is 17.5 Å². The number of benzene rings is 2. The number of methoxy groups -OCH3 is 2. The second kappa shape index (κ2) is 11.1. The van der Waals surface area contributed by atoms with Crippen LogP contribution in [0, 0.1) is 0 Å². The number of amides is 1. The predicted molar refractivity (Wildman–Crippen MR) is 111 cm³/mol. The van der Waals surface area contributed by atoms with Gasteiger partial charge in [0.1, 0.15) is 0 Å². The molecule has 0 radical (unpaired) electrons. The number of rotatable bonds is 10. The average molecular weight is 399 g/mol. The van der Waals surface area contributed by atoms with Crippen molar-refractivity contribution in [1.29, 1.82) is 0 Å². The number of carbonyl (C=O) groups is 2. The lowest BCUT2D eigenvalue weighted by atomic mass is 10.1. The highest BCUT2D eigenvalue weighted by Crippen LogP contribution is 2.28. The minimum absolute atomic E-state index is 0.154. The third-order valence-corrected chi connectivity index (χ3v) is 4.70. The van der Waals surface area contributed by atoms with E-state index in [4.69, 9.17) is 14.2 Å². The van der Waals surface area contributed by atoms with Crippen LogP contribution in [0.25, 0.3) is 0 Å². The Morgan fingerprint density at radius 2 is 1.62 bits per heavy atom. The van der Waals surface area contributed by atoms with Crippen molar-refractivity contribution >= 4 is 11.9 Å². The van der Waals surface area contributed by atoms with E-state index in [2.05, 4.69) is 12.2 Å². The summed E-state index contributed by atoms with van der Waals surface area (Å²) in [6.07, 6.45) is 1.64. The maximum atomic E-state index is 12.1. The highest BCUT2D eigenvalue weighted by Gasteiger charge is 2.13. The third-order valence-electron chi connectivity index (χ3n) is 4.70. The van der Waals surface area contributed by atoms with Gasteiger partial charge in [0.05, 0.1) is 20.3 Å². The van der Waals surface area contributed by atoms with E-state index in [0.29, 0.717) is 17.9 Å². The van der Waals surface area contributed by atoms with Gasteiger partial charge in [-0.1, -0.05) is 37.3 Å². The molecule has 0 aliphatic rings. The Balaban J connectivity index is 1.76. The van der Waals surface area contributed by atoms with Crippen LogP contribution in [-0.4, -0.2) is 32.7 Å². The summed E-state index contributed by atoms with van der Waals surface area (Å²) in [5.41, 5.74) is 3.18. The first-order valence-electron chi connectivity index (χ1n) is 9.71. The Bertz CT molecular complexity index is 817. The lowest BCUT2D eigenvalue weighted by molar-refractivity contribution is -0.148. The van der Waals surface area contributed by atoms with Crippen LogP contribution in [0.1, 0.15) is 43.0 Å². The van der Waals surface area contributed by atoms with Crippen LogP contribution < -0.4 is 14.8 Å². The van der Waals surface area contributed by atoms with Gasteiger partial charge >= 0.3 is 5.97 Å². The molecular weight excluding hydrogens is 370 g/mol. The molecule has 156 valence electrons. The highest BCUT2D eigenvalue weighted by molar-refractivity contribution is 5.80. The van der Waals surface area contributed by atoms with Gasteiger partial charge < -0.3 is 19.5 Å². The number of hydrogen-bond donors (Lipinski definition) is 1. The molecule has 0 saturated carbocycles. The topological polar surface area (TPSA) is 73.9 Å². The third kappa shape index (κ3) is 6.82. The molecule has 0 spiro atoms. The summed E-state index contributed by atoms with van der Waals surface area (Å²) < 4.78 is 15.5. The molecule has 0 bridgehead atoms. The fourth-order valence-electron chi connectivity index (χ4n) is 2.91. The molecular formula is C23H29NO5. The molecule has 0 aromatic heterocycles. The zero-order chi connectivity index (χ0) is 21.2. The predicted octanol–water partition coefficient (Wildman–Crippen LogP) is 3.62. The van der Waals surface area contributed by atoms with E-state index in [1.165, 1.54) is 5.56 Å². The van der Waals surface area contributed by atoms with Crippen LogP contribution in [0.15, 0.2) is 42.5 Å². The Kier molecular flexibility index (Phi) is 8.52. The van der Waals surface area contributed by atoms with Crippen LogP contribution in [0.2, 0.25) is 0 Å². The van der Waals surface area contributed by atoms with Crippen LogP contribution >= 0.6 is 0 Å². The first kappa shape index (κ1) is 22.3. The van der Waals surface area contributed by atoms with E-state index in [-0.39, 0.29) is 25.0 Å². The van der Waals surface area contributed by atoms with Crippen molar-refractivity contribution in [3.05, 3.63) is 59.2 Å². The SMILES string of the molecule is CCc1ccc([C@@H](C)NC(=O)COC(=O)CCc2ccc(OC)c(OC)c2)cc1. The van der Waals surface area contributed by atoms with Gasteiger partial charge in [-0.3, -0.25) is 9.59 Å². The first-order chi connectivity index (χ1) is 14.0. The molecule has 29 heavy (non-hydrogen) atoms. The van der Waals surface area contributed by atoms with Crippen molar-refractivity contribution < 1.29 is 23.8 Å². The molecule has 0 fully saturated rings. The van der Waals surface area contributed by atoms with Gasteiger partial charge in [-0.2, -0.15) is 0 Å². The van der Waals surface area contributed by atoms with E-state index < -0.39 is 5.97 Å². The van der Waals surface area contributed by atoms with Crippen LogP contribution in [0.5, 0.6) is 11.5 Å². The summed E-state index contributed by atoms with van der Waals surface area (Å²) in [5.74, 6) is 0.499. The molecule has 2 aromatic carbocycles. The maximum Gasteiger partial charge on any atom is 0.306 e. The van der Waals surface area contributed by atoms with Crippen molar-refractivity contribution in [2.75, 3.05) is 20.8 Å². The van der Waals surface area contributed by atoms with Crippen molar-refractivity contribution in [1.82, 2.24) is 5.32 Å². The Hall–Kier alpha value is -3.02. The number of carbonyl (C=O) groups excluding carboxylic acids is 2. The average Bonchev–Trinajstić information content (AvgIpc) is 2.75. The molecule has 0 saturated heterocycles. The van der Waals surface area contributed by atoms with Crippen molar-refractivity contribution in [3.63, 3.8) is 0 Å². The Morgan fingerprint density at radius 1 is 0.966 bits per heavy atom. The summed E-state index contributed by atoms with van der Waals surface area (Å²) in [7, 11) is 3.13. The fraction of sp³-hybridized carbons (Fsp3) is 0.391. The molecule has 6 nitrogen and oxygen atoms in total. The largest absolute Gasteiger partial charge is 0.493 e. The van der Waals surface area contributed by atoms with Crippen LogP contribution in [0.4, 0.5) is 0 Å². The first-order valence-corrected chi connectivity index (χ1v) is 9.71. The monoisotopic (exact) mass is 399 g/mol. The summed E-state index contributed by atoms with van der Waals surface area (Å²) >= 11 is 0. The molecule has 1 atom stereocenters. The van der Waals surface area contributed by atoms with Crippen LogP contribution in [-0.2, 0) is 27.2 Å². The van der Waals surface area contributed by atoms with E-state index in [1.54, 1.807) is 20.3 Å². The van der Waals surface area contributed by atoms with Gasteiger partial charge in [-0.25, -0.2) is 0 Å². The maximum absolute atomic E-state index is 12.1. The second-order valence-corrected chi connectivity index (χ2v) is 6.73. The van der Waals surface area contributed by atoms with Gasteiger partial charge in [0.2, 0.25) is 0 Å². The zero-order valence-corrected chi connectivity index (χ0v) is 17.5. The molecule has 0 aliphatic carbocycles. The molecule has 0 aliphatic heterocycles. The fourth-order valence-corrected chi connectivity index (χ4v) is 2.91. The number of nitrogens with one attached hydrogen (secondary N) is 1. The Morgan fingerprint density at radius 3 is 2.24 bits per heavy atom. The van der Waals surface area contributed by atoms with Gasteiger partial charge in [0.15, 0.2) is 18.1 Å². The lowest BCUT2D eigenvalue weighted by Crippen LogP contribution is -2.31. The summed E-state index contributed by atoms with van der Waals surface area (Å²) in [5, 5.41) is 2.84. The Labute approximate surface area is 172 Å². The molecule has 6 heteroatoms. The number of hydrogen-bond acceptors (Lipinski definition) is 5. The zero-order valence-electron chi connectivity index (χ0n) is 17.5. The van der Waals surface area contributed by atoms with Gasteiger partial charge in [0.25, 0.3) is 5.91 Å². The molecule has 2 rings (SSSR count).